The lowest BCUT2D eigenvalue weighted by atomic mass is 10.0. The highest BCUT2D eigenvalue weighted by molar-refractivity contribution is 9.10. The van der Waals surface area contributed by atoms with Gasteiger partial charge < -0.3 is 4.90 Å². The number of nitrogens with zero attached hydrogens (tertiary/aromatic N) is 2. The van der Waals surface area contributed by atoms with Crippen molar-refractivity contribution in [3.8, 4) is 0 Å². The van der Waals surface area contributed by atoms with Crippen LogP contribution < -0.4 is 0 Å². The largest absolute Gasteiger partial charge is 0.338 e. The quantitative estimate of drug-likeness (QED) is 0.790. The zero-order valence-corrected chi connectivity index (χ0v) is 12.7. The molecule has 1 aliphatic rings. The molecule has 0 aromatic carbocycles. The first kappa shape index (κ1) is 13.8. The summed E-state index contributed by atoms with van der Waals surface area (Å²) in [7, 11) is 0. The first-order valence-electron chi connectivity index (χ1n) is 6.22. The van der Waals surface area contributed by atoms with Gasteiger partial charge in [0.1, 0.15) is 5.15 Å². The van der Waals surface area contributed by atoms with E-state index in [4.69, 9.17) is 11.6 Å². The van der Waals surface area contributed by atoms with E-state index in [1.54, 1.807) is 12.3 Å². The fraction of sp³-hybridized carbons (Fsp3) is 0.538. The first-order valence-corrected chi connectivity index (χ1v) is 7.39. The molecule has 1 atom stereocenters. The maximum atomic E-state index is 12.4. The highest BCUT2D eigenvalue weighted by Gasteiger charge is 2.27. The van der Waals surface area contributed by atoms with Gasteiger partial charge >= 0.3 is 0 Å². The molecule has 1 aromatic heterocycles. The van der Waals surface area contributed by atoms with Crippen molar-refractivity contribution < 1.29 is 4.79 Å². The Morgan fingerprint density at radius 1 is 1.67 bits per heavy atom. The average Bonchev–Trinajstić information content (AvgIpc) is 2.80. The Labute approximate surface area is 121 Å². The summed E-state index contributed by atoms with van der Waals surface area (Å²) in [5.41, 5.74) is 0.489. The summed E-state index contributed by atoms with van der Waals surface area (Å²) in [6.07, 6.45) is 5.06. The lowest BCUT2D eigenvalue weighted by Gasteiger charge is -2.17. The molecule has 0 bridgehead atoms. The van der Waals surface area contributed by atoms with E-state index in [1.165, 1.54) is 12.8 Å². The van der Waals surface area contributed by atoms with Gasteiger partial charge in [-0.05, 0) is 40.8 Å². The predicted molar refractivity (Wildman–Crippen MR) is 75.9 cm³/mol. The predicted octanol–water partition coefficient (Wildman–Crippen LogP) is 3.76. The maximum absolute atomic E-state index is 12.4. The second kappa shape index (κ2) is 6.02. The Morgan fingerprint density at radius 3 is 3.17 bits per heavy atom. The second-order valence-corrected chi connectivity index (χ2v) is 5.96. The van der Waals surface area contributed by atoms with Gasteiger partial charge in [0.05, 0.1) is 5.56 Å². The van der Waals surface area contributed by atoms with Crippen molar-refractivity contribution in [2.45, 2.75) is 26.2 Å². The number of hydrogen-bond donors (Lipinski definition) is 0. The van der Waals surface area contributed by atoms with Gasteiger partial charge in [-0.15, -0.1) is 0 Å². The Hall–Kier alpha value is -0.610. The van der Waals surface area contributed by atoms with Crippen LogP contribution in [0.2, 0.25) is 5.15 Å². The minimum Gasteiger partial charge on any atom is -0.338 e. The third kappa shape index (κ3) is 3.04. The average molecular weight is 332 g/mol. The number of amides is 1. The molecular formula is C13H16BrClN2O. The van der Waals surface area contributed by atoms with Gasteiger partial charge in [-0.1, -0.05) is 24.9 Å². The van der Waals surface area contributed by atoms with Gasteiger partial charge in [0.25, 0.3) is 5.91 Å². The Balaban J connectivity index is 2.10. The van der Waals surface area contributed by atoms with E-state index in [0.717, 1.165) is 24.0 Å². The number of carbonyl (C=O) groups excluding carboxylic acids is 1. The van der Waals surface area contributed by atoms with Gasteiger partial charge in [0, 0.05) is 23.8 Å². The number of carbonyl (C=O) groups is 1. The molecule has 1 fully saturated rings. The monoisotopic (exact) mass is 330 g/mol. The first-order chi connectivity index (χ1) is 8.61. The van der Waals surface area contributed by atoms with Gasteiger partial charge in [-0.3, -0.25) is 4.79 Å². The zero-order valence-electron chi connectivity index (χ0n) is 10.3. The van der Waals surface area contributed by atoms with Crippen LogP contribution in [0.25, 0.3) is 0 Å². The molecule has 3 nitrogen and oxygen atoms in total. The molecule has 2 heterocycles. The van der Waals surface area contributed by atoms with E-state index in [9.17, 15) is 4.79 Å². The van der Waals surface area contributed by atoms with Crippen LogP contribution in [0.15, 0.2) is 16.7 Å². The normalized spacial score (nSPS) is 19.3. The van der Waals surface area contributed by atoms with Crippen molar-refractivity contribution in [3.63, 3.8) is 0 Å². The third-order valence-electron chi connectivity index (χ3n) is 3.31. The maximum Gasteiger partial charge on any atom is 0.257 e. The molecule has 0 spiro atoms. The smallest absolute Gasteiger partial charge is 0.257 e. The van der Waals surface area contributed by atoms with E-state index in [-0.39, 0.29) is 11.1 Å². The van der Waals surface area contributed by atoms with Crippen LogP contribution >= 0.6 is 27.5 Å². The van der Waals surface area contributed by atoms with Gasteiger partial charge in [-0.2, -0.15) is 0 Å². The summed E-state index contributed by atoms with van der Waals surface area (Å²) in [6, 6.07) is 1.74. The molecule has 1 aliphatic heterocycles. The fourth-order valence-electron chi connectivity index (χ4n) is 2.40. The Bertz CT molecular complexity index is 453. The number of rotatable bonds is 3. The highest BCUT2D eigenvalue weighted by atomic mass is 79.9. The lowest BCUT2D eigenvalue weighted by molar-refractivity contribution is 0.0786. The van der Waals surface area contributed by atoms with Crippen molar-refractivity contribution in [1.82, 2.24) is 9.88 Å². The summed E-state index contributed by atoms with van der Waals surface area (Å²) < 4.78 is 0.777. The highest BCUT2D eigenvalue weighted by Crippen LogP contribution is 2.25. The molecule has 1 unspecified atom stereocenters. The van der Waals surface area contributed by atoms with Crippen LogP contribution in [0.4, 0.5) is 0 Å². The summed E-state index contributed by atoms with van der Waals surface area (Å²) in [6.45, 7) is 3.85. The molecule has 18 heavy (non-hydrogen) atoms. The standard InChI is InChI=1S/C13H16BrClN2O/c1-2-3-9-4-5-17(8-9)13(18)11-6-10(14)7-16-12(11)15/h6-7,9H,2-5,8H2,1H3. The van der Waals surface area contributed by atoms with Crippen molar-refractivity contribution in [1.29, 1.82) is 0 Å². The fourth-order valence-corrected chi connectivity index (χ4v) is 2.92. The summed E-state index contributed by atoms with van der Waals surface area (Å²) in [5.74, 6) is 0.630. The minimum absolute atomic E-state index is 0.00703. The molecule has 1 aromatic rings. The van der Waals surface area contributed by atoms with Crippen molar-refractivity contribution in [2.24, 2.45) is 5.92 Å². The van der Waals surface area contributed by atoms with Crippen LogP contribution in [0, 0.1) is 5.92 Å². The molecule has 98 valence electrons. The van der Waals surface area contributed by atoms with Gasteiger partial charge in [0.15, 0.2) is 0 Å². The zero-order chi connectivity index (χ0) is 13.1. The summed E-state index contributed by atoms with van der Waals surface area (Å²) in [5, 5.41) is 0.280. The van der Waals surface area contributed by atoms with E-state index in [0.29, 0.717) is 11.5 Å². The van der Waals surface area contributed by atoms with E-state index < -0.39 is 0 Å². The summed E-state index contributed by atoms with van der Waals surface area (Å²) >= 11 is 9.31. The number of pyridine rings is 1. The van der Waals surface area contributed by atoms with Crippen LogP contribution in [0.5, 0.6) is 0 Å². The Kier molecular flexibility index (Phi) is 4.62. The van der Waals surface area contributed by atoms with E-state index >= 15 is 0 Å². The van der Waals surface area contributed by atoms with Crippen molar-refractivity contribution in [2.75, 3.05) is 13.1 Å². The van der Waals surface area contributed by atoms with Gasteiger partial charge in [0.2, 0.25) is 0 Å². The molecular weight excluding hydrogens is 316 g/mol. The number of hydrogen-bond acceptors (Lipinski definition) is 2. The van der Waals surface area contributed by atoms with Crippen molar-refractivity contribution >= 4 is 33.4 Å². The topological polar surface area (TPSA) is 33.2 Å². The van der Waals surface area contributed by atoms with E-state index in [1.807, 2.05) is 4.90 Å². The van der Waals surface area contributed by atoms with Crippen LogP contribution in [-0.2, 0) is 0 Å². The molecule has 0 saturated carbocycles. The molecule has 1 saturated heterocycles. The van der Waals surface area contributed by atoms with Crippen LogP contribution in [0.1, 0.15) is 36.5 Å². The SMILES string of the molecule is CCCC1CCN(C(=O)c2cc(Br)cnc2Cl)C1. The lowest BCUT2D eigenvalue weighted by Crippen LogP contribution is -2.29. The summed E-state index contributed by atoms with van der Waals surface area (Å²) in [4.78, 5) is 18.2. The van der Waals surface area contributed by atoms with Gasteiger partial charge in [-0.25, -0.2) is 4.98 Å². The molecule has 0 N–H and O–H groups in total. The molecule has 0 aliphatic carbocycles. The van der Waals surface area contributed by atoms with Crippen LogP contribution in [-0.4, -0.2) is 28.9 Å². The molecule has 1 amide bonds. The number of halogens is 2. The van der Waals surface area contributed by atoms with E-state index in [2.05, 4.69) is 27.8 Å². The second-order valence-electron chi connectivity index (χ2n) is 4.69. The third-order valence-corrected chi connectivity index (χ3v) is 4.04. The molecule has 5 heteroatoms. The molecule has 0 radical (unpaired) electrons. The molecule has 2 rings (SSSR count). The number of likely N-dealkylation sites (tertiary alicyclic amines) is 1. The Morgan fingerprint density at radius 2 is 2.44 bits per heavy atom. The van der Waals surface area contributed by atoms with Crippen LogP contribution in [0.3, 0.4) is 0 Å². The number of aromatic nitrogens is 1. The van der Waals surface area contributed by atoms with Crippen molar-refractivity contribution in [3.05, 3.63) is 27.5 Å². The minimum atomic E-state index is -0.00703.